The molecule has 0 saturated carbocycles. The van der Waals surface area contributed by atoms with Crippen LogP contribution in [0, 0.1) is 6.92 Å². The molecular weight excluding hydrogens is 270 g/mol. The Morgan fingerprint density at radius 3 is 2.86 bits per heavy atom. The van der Waals surface area contributed by atoms with Crippen molar-refractivity contribution < 1.29 is 14.6 Å². The number of hydrogen-bond acceptors (Lipinski definition) is 4. The van der Waals surface area contributed by atoms with E-state index in [-0.39, 0.29) is 18.1 Å². The van der Waals surface area contributed by atoms with Crippen LogP contribution in [0.2, 0.25) is 0 Å². The summed E-state index contributed by atoms with van der Waals surface area (Å²) in [5.74, 6) is -0.0799. The average Bonchev–Trinajstić information content (AvgIpc) is 2.93. The number of β-amino-alcohol motifs (C(OH)–C–C–N with tert-alkyl or cyclic N) is 1. The maximum Gasteiger partial charge on any atom is 0.257 e. The molecule has 2 heterocycles. The highest BCUT2D eigenvalue weighted by Crippen LogP contribution is 2.19. The quantitative estimate of drug-likeness (QED) is 0.886. The van der Waals surface area contributed by atoms with E-state index in [1.165, 1.54) is 0 Å². The second kappa shape index (κ2) is 6.58. The zero-order valence-electron chi connectivity index (χ0n) is 13.2. The molecule has 1 aliphatic heterocycles. The number of amides is 1. The summed E-state index contributed by atoms with van der Waals surface area (Å²) in [6.45, 7) is 9.31. The lowest BCUT2D eigenvalue weighted by Crippen LogP contribution is -2.31. The van der Waals surface area contributed by atoms with Crippen molar-refractivity contribution in [1.82, 2.24) is 14.7 Å². The lowest BCUT2D eigenvalue weighted by atomic mass is 10.2. The van der Waals surface area contributed by atoms with Crippen molar-refractivity contribution in [2.75, 3.05) is 13.1 Å². The van der Waals surface area contributed by atoms with Gasteiger partial charge in [0.2, 0.25) is 0 Å². The molecule has 6 nitrogen and oxygen atoms in total. The molecule has 1 amide bonds. The van der Waals surface area contributed by atoms with Crippen molar-refractivity contribution in [3.63, 3.8) is 0 Å². The smallest absolute Gasteiger partial charge is 0.257 e. The number of likely N-dealkylation sites (tertiary alicyclic amines) is 1. The predicted molar refractivity (Wildman–Crippen MR) is 79.2 cm³/mol. The van der Waals surface area contributed by atoms with Gasteiger partial charge < -0.3 is 14.7 Å². The van der Waals surface area contributed by atoms with E-state index in [0.29, 0.717) is 18.7 Å². The highest BCUT2D eigenvalue weighted by Gasteiger charge is 2.36. The Bertz CT molecular complexity index is 498. The minimum Gasteiger partial charge on any atom is -0.388 e. The van der Waals surface area contributed by atoms with Gasteiger partial charge in [-0.1, -0.05) is 6.92 Å². The molecule has 1 aromatic rings. The number of carbonyl (C=O) groups excluding carboxylic acids is 1. The SMILES string of the molecule is CCCn1cc(C(=O)N2C[C@@H](O)[C@H](OC(C)C)C2)c(C)n1. The van der Waals surface area contributed by atoms with Crippen LogP contribution in [0.25, 0.3) is 0 Å². The van der Waals surface area contributed by atoms with Gasteiger partial charge in [-0.25, -0.2) is 0 Å². The van der Waals surface area contributed by atoms with Crippen LogP contribution in [0.15, 0.2) is 6.20 Å². The summed E-state index contributed by atoms with van der Waals surface area (Å²) in [5.41, 5.74) is 1.34. The van der Waals surface area contributed by atoms with E-state index in [4.69, 9.17) is 4.74 Å². The van der Waals surface area contributed by atoms with Gasteiger partial charge in [-0.2, -0.15) is 5.10 Å². The number of rotatable bonds is 5. The standard InChI is InChI=1S/C15H25N3O3/c1-5-6-18-7-12(11(4)16-18)15(20)17-8-13(19)14(9-17)21-10(2)3/h7,10,13-14,19H,5-6,8-9H2,1-4H3/t13-,14-/m1/s1. The van der Waals surface area contributed by atoms with Crippen molar-refractivity contribution in [3.8, 4) is 0 Å². The lowest BCUT2D eigenvalue weighted by Gasteiger charge is -2.18. The highest BCUT2D eigenvalue weighted by molar-refractivity contribution is 5.95. The van der Waals surface area contributed by atoms with Gasteiger partial charge in [0.25, 0.3) is 5.91 Å². The van der Waals surface area contributed by atoms with Gasteiger partial charge in [-0.3, -0.25) is 9.48 Å². The van der Waals surface area contributed by atoms with Gasteiger partial charge in [0.05, 0.1) is 23.5 Å². The van der Waals surface area contributed by atoms with Gasteiger partial charge in [-0.05, 0) is 27.2 Å². The molecule has 1 aromatic heterocycles. The Labute approximate surface area is 125 Å². The minimum absolute atomic E-state index is 0.0359. The summed E-state index contributed by atoms with van der Waals surface area (Å²) in [4.78, 5) is 14.2. The molecule has 1 N–H and O–H groups in total. The first kappa shape index (κ1) is 16.0. The van der Waals surface area contributed by atoms with Crippen molar-refractivity contribution in [3.05, 3.63) is 17.5 Å². The Balaban J connectivity index is 2.07. The van der Waals surface area contributed by atoms with E-state index in [0.717, 1.165) is 18.7 Å². The first-order valence-electron chi connectivity index (χ1n) is 7.59. The van der Waals surface area contributed by atoms with E-state index in [9.17, 15) is 9.90 Å². The maximum absolute atomic E-state index is 12.6. The number of ether oxygens (including phenoxy) is 1. The van der Waals surface area contributed by atoms with Crippen molar-refractivity contribution >= 4 is 5.91 Å². The monoisotopic (exact) mass is 295 g/mol. The molecule has 0 radical (unpaired) electrons. The number of aliphatic hydroxyl groups excluding tert-OH is 1. The molecular formula is C15H25N3O3. The first-order valence-corrected chi connectivity index (χ1v) is 7.59. The molecule has 0 bridgehead atoms. The molecule has 0 spiro atoms. The molecule has 2 rings (SSSR count). The summed E-state index contributed by atoms with van der Waals surface area (Å²) >= 11 is 0. The normalized spacial score (nSPS) is 22.3. The van der Waals surface area contributed by atoms with E-state index >= 15 is 0 Å². The Morgan fingerprint density at radius 1 is 1.52 bits per heavy atom. The third-order valence-corrected chi connectivity index (χ3v) is 3.60. The topological polar surface area (TPSA) is 67.6 Å². The number of hydrogen-bond donors (Lipinski definition) is 1. The first-order chi connectivity index (χ1) is 9.92. The Morgan fingerprint density at radius 2 is 2.24 bits per heavy atom. The number of nitrogens with zero attached hydrogens (tertiary/aromatic N) is 3. The van der Waals surface area contributed by atoms with Crippen LogP contribution in [0.4, 0.5) is 0 Å². The summed E-state index contributed by atoms with van der Waals surface area (Å²) < 4.78 is 7.45. The largest absolute Gasteiger partial charge is 0.388 e. The zero-order valence-corrected chi connectivity index (χ0v) is 13.2. The molecule has 6 heteroatoms. The number of carbonyl (C=O) groups is 1. The van der Waals surface area contributed by atoms with Crippen LogP contribution in [0.5, 0.6) is 0 Å². The van der Waals surface area contributed by atoms with Gasteiger partial charge in [0.15, 0.2) is 0 Å². The Hall–Kier alpha value is -1.40. The maximum atomic E-state index is 12.6. The second-order valence-electron chi connectivity index (χ2n) is 5.89. The molecule has 1 aliphatic rings. The van der Waals surface area contributed by atoms with Crippen LogP contribution >= 0.6 is 0 Å². The van der Waals surface area contributed by atoms with Gasteiger partial charge >= 0.3 is 0 Å². The number of aliphatic hydroxyl groups is 1. The van der Waals surface area contributed by atoms with Crippen LogP contribution in [-0.4, -0.2) is 57.1 Å². The van der Waals surface area contributed by atoms with Crippen molar-refractivity contribution in [1.29, 1.82) is 0 Å². The van der Waals surface area contributed by atoms with E-state index < -0.39 is 6.10 Å². The Kier molecular flexibility index (Phi) is 5.00. The highest BCUT2D eigenvalue weighted by atomic mass is 16.5. The molecule has 21 heavy (non-hydrogen) atoms. The predicted octanol–water partition coefficient (Wildman–Crippen LogP) is 1.21. The van der Waals surface area contributed by atoms with Crippen LogP contribution in [-0.2, 0) is 11.3 Å². The summed E-state index contributed by atoms with van der Waals surface area (Å²) in [7, 11) is 0. The second-order valence-corrected chi connectivity index (χ2v) is 5.89. The van der Waals surface area contributed by atoms with Crippen LogP contribution in [0.3, 0.4) is 0 Å². The molecule has 1 saturated heterocycles. The third kappa shape index (κ3) is 3.63. The zero-order chi connectivity index (χ0) is 15.6. The van der Waals surface area contributed by atoms with Crippen molar-refractivity contribution in [2.24, 2.45) is 0 Å². The number of aromatic nitrogens is 2. The molecule has 0 aromatic carbocycles. The van der Waals surface area contributed by atoms with Gasteiger partial charge in [-0.15, -0.1) is 0 Å². The van der Waals surface area contributed by atoms with Gasteiger partial charge in [0, 0.05) is 25.8 Å². The fourth-order valence-electron chi connectivity index (χ4n) is 2.65. The minimum atomic E-state index is -0.623. The van der Waals surface area contributed by atoms with Crippen molar-refractivity contribution in [2.45, 2.75) is 59.0 Å². The third-order valence-electron chi connectivity index (χ3n) is 3.60. The lowest BCUT2D eigenvalue weighted by molar-refractivity contribution is -0.0394. The fourth-order valence-corrected chi connectivity index (χ4v) is 2.65. The summed E-state index contributed by atoms with van der Waals surface area (Å²) in [6.07, 6.45) is 1.88. The van der Waals surface area contributed by atoms with Gasteiger partial charge in [0.1, 0.15) is 6.10 Å². The fraction of sp³-hybridized carbons (Fsp3) is 0.733. The van der Waals surface area contributed by atoms with E-state index in [1.807, 2.05) is 20.8 Å². The van der Waals surface area contributed by atoms with E-state index in [2.05, 4.69) is 12.0 Å². The molecule has 118 valence electrons. The summed E-state index contributed by atoms with van der Waals surface area (Å²) in [5, 5.41) is 14.4. The summed E-state index contributed by atoms with van der Waals surface area (Å²) in [6, 6.07) is 0. The molecule has 0 aliphatic carbocycles. The molecule has 2 atom stereocenters. The number of aryl methyl sites for hydroxylation is 2. The van der Waals surface area contributed by atoms with E-state index in [1.54, 1.807) is 15.8 Å². The van der Waals surface area contributed by atoms with Crippen LogP contribution < -0.4 is 0 Å². The molecule has 1 fully saturated rings. The van der Waals surface area contributed by atoms with Crippen LogP contribution in [0.1, 0.15) is 43.2 Å². The average molecular weight is 295 g/mol. The molecule has 0 unspecified atom stereocenters.